The highest BCUT2D eigenvalue weighted by molar-refractivity contribution is 5.94. The Morgan fingerprint density at radius 3 is 2.13 bits per heavy atom. The van der Waals surface area contributed by atoms with E-state index in [1.54, 1.807) is 0 Å². The highest BCUT2D eigenvalue weighted by Crippen LogP contribution is 2.19. The fourth-order valence-corrected chi connectivity index (χ4v) is 1.98. The summed E-state index contributed by atoms with van der Waals surface area (Å²) in [6.45, 7) is -0.538. The van der Waals surface area contributed by atoms with E-state index in [9.17, 15) is 14.4 Å². The Hall–Kier alpha value is -3.15. The average Bonchev–Trinajstić information content (AvgIpc) is 2.54. The number of hydrogen-bond acceptors (Lipinski definition) is 4. The molecule has 6 nitrogen and oxygen atoms in total. The SMILES string of the molecule is NC(=O)NC(=O)COC(=O)Cc1ccc(-c2ccccc2)cc1. The largest absolute Gasteiger partial charge is 0.455 e. The number of ether oxygens (including phenoxy) is 1. The maximum Gasteiger partial charge on any atom is 0.318 e. The minimum atomic E-state index is -0.984. The van der Waals surface area contributed by atoms with Crippen molar-refractivity contribution in [3.8, 4) is 11.1 Å². The van der Waals surface area contributed by atoms with Gasteiger partial charge in [0.1, 0.15) is 0 Å². The topological polar surface area (TPSA) is 98.5 Å². The molecule has 2 aromatic carbocycles. The van der Waals surface area contributed by atoms with E-state index in [0.717, 1.165) is 16.7 Å². The van der Waals surface area contributed by atoms with Crippen molar-refractivity contribution < 1.29 is 19.1 Å². The van der Waals surface area contributed by atoms with Crippen LogP contribution in [0.25, 0.3) is 11.1 Å². The molecule has 0 aliphatic rings. The number of carbonyl (C=O) groups is 3. The van der Waals surface area contributed by atoms with Gasteiger partial charge < -0.3 is 10.5 Å². The predicted octanol–water partition coefficient (Wildman–Crippen LogP) is 1.63. The van der Waals surface area contributed by atoms with Crippen molar-refractivity contribution in [2.24, 2.45) is 5.73 Å². The summed E-state index contributed by atoms with van der Waals surface area (Å²) < 4.78 is 4.76. The van der Waals surface area contributed by atoms with Crippen LogP contribution in [0.15, 0.2) is 54.6 Å². The van der Waals surface area contributed by atoms with Crippen molar-refractivity contribution in [3.63, 3.8) is 0 Å². The van der Waals surface area contributed by atoms with E-state index in [1.807, 2.05) is 59.9 Å². The van der Waals surface area contributed by atoms with Crippen LogP contribution in [0, 0.1) is 0 Å². The number of nitrogens with one attached hydrogen (secondary N) is 1. The third-order valence-electron chi connectivity index (χ3n) is 3.04. The van der Waals surface area contributed by atoms with Crippen LogP contribution in [-0.4, -0.2) is 24.5 Å². The fourth-order valence-electron chi connectivity index (χ4n) is 1.98. The lowest BCUT2D eigenvalue weighted by Gasteiger charge is -2.06. The number of benzene rings is 2. The monoisotopic (exact) mass is 312 g/mol. The standard InChI is InChI=1S/C17H16N2O4/c18-17(22)19-15(20)11-23-16(21)10-12-6-8-14(9-7-12)13-4-2-1-3-5-13/h1-9H,10-11H2,(H3,18,19,20,22). The maximum atomic E-state index is 11.6. The van der Waals surface area contributed by atoms with E-state index in [0.29, 0.717) is 0 Å². The second-order valence-corrected chi connectivity index (χ2v) is 4.81. The van der Waals surface area contributed by atoms with Crippen LogP contribution in [0.3, 0.4) is 0 Å². The molecule has 3 amide bonds. The molecule has 0 aliphatic carbocycles. The molecule has 0 heterocycles. The molecule has 0 bridgehead atoms. The second kappa shape index (κ2) is 7.74. The Morgan fingerprint density at radius 1 is 0.913 bits per heavy atom. The number of rotatable bonds is 5. The van der Waals surface area contributed by atoms with Crippen LogP contribution in [0.4, 0.5) is 4.79 Å². The van der Waals surface area contributed by atoms with E-state index in [4.69, 9.17) is 10.5 Å². The third-order valence-corrected chi connectivity index (χ3v) is 3.04. The first-order valence-electron chi connectivity index (χ1n) is 6.94. The van der Waals surface area contributed by atoms with Gasteiger partial charge in [0.25, 0.3) is 5.91 Å². The summed E-state index contributed by atoms with van der Waals surface area (Å²) in [5.41, 5.74) is 7.68. The van der Waals surface area contributed by atoms with Crippen LogP contribution in [0.2, 0.25) is 0 Å². The highest BCUT2D eigenvalue weighted by Gasteiger charge is 2.10. The van der Waals surface area contributed by atoms with Gasteiger partial charge >= 0.3 is 12.0 Å². The number of amides is 3. The number of nitrogens with two attached hydrogens (primary N) is 1. The highest BCUT2D eigenvalue weighted by atomic mass is 16.5. The van der Waals surface area contributed by atoms with Gasteiger partial charge in [-0.1, -0.05) is 54.6 Å². The van der Waals surface area contributed by atoms with Gasteiger partial charge in [-0.15, -0.1) is 0 Å². The van der Waals surface area contributed by atoms with Gasteiger partial charge in [-0.05, 0) is 16.7 Å². The van der Waals surface area contributed by atoms with E-state index in [2.05, 4.69) is 0 Å². The molecule has 2 rings (SSSR count). The summed E-state index contributed by atoms with van der Waals surface area (Å²) in [6, 6.07) is 16.4. The molecule has 3 N–H and O–H groups in total. The number of primary amides is 1. The molecule has 6 heteroatoms. The zero-order chi connectivity index (χ0) is 16.7. The Bertz CT molecular complexity index is 696. The van der Waals surface area contributed by atoms with Crippen molar-refractivity contribution in [1.82, 2.24) is 5.32 Å². The molecule has 0 atom stereocenters. The number of urea groups is 1. The first-order chi connectivity index (χ1) is 11.0. The Labute approximate surface area is 133 Å². The van der Waals surface area contributed by atoms with Gasteiger partial charge in [-0.25, -0.2) is 4.79 Å². The minimum Gasteiger partial charge on any atom is -0.455 e. The number of esters is 1. The van der Waals surface area contributed by atoms with Crippen LogP contribution < -0.4 is 11.1 Å². The summed E-state index contributed by atoms with van der Waals surface area (Å²) in [6.07, 6.45) is 0.0406. The molecule has 0 aliphatic heterocycles. The smallest absolute Gasteiger partial charge is 0.318 e. The maximum absolute atomic E-state index is 11.6. The summed E-state index contributed by atoms with van der Waals surface area (Å²) in [5.74, 6) is -1.32. The normalized spacial score (nSPS) is 9.91. The number of imide groups is 1. The molecule has 118 valence electrons. The first kappa shape index (κ1) is 16.2. The summed E-state index contributed by atoms with van der Waals surface area (Å²) in [5, 5.41) is 1.81. The molecule has 23 heavy (non-hydrogen) atoms. The van der Waals surface area contributed by atoms with Crippen LogP contribution in [-0.2, 0) is 20.7 Å². The zero-order valence-corrected chi connectivity index (χ0v) is 12.3. The van der Waals surface area contributed by atoms with Crippen LogP contribution in [0.5, 0.6) is 0 Å². The molecular weight excluding hydrogens is 296 g/mol. The minimum absolute atomic E-state index is 0.0406. The van der Waals surface area contributed by atoms with E-state index < -0.39 is 24.5 Å². The van der Waals surface area contributed by atoms with Crippen molar-refractivity contribution in [3.05, 3.63) is 60.2 Å². The van der Waals surface area contributed by atoms with Crippen molar-refractivity contribution in [2.45, 2.75) is 6.42 Å². The van der Waals surface area contributed by atoms with E-state index in [-0.39, 0.29) is 6.42 Å². The Balaban J connectivity index is 1.87. The molecule has 0 radical (unpaired) electrons. The van der Waals surface area contributed by atoms with Crippen LogP contribution >= 0.6 is 0 Å². The van der Waals surface area contributed by atoms with Crippen molar-refractivity contribution >= 4 is 17.9 Å². The lowest BCUT2D eigenvalue weighted by atomic mass is 10.0. The van der Waals surface area contributed by atoms with Crippen molar-refractivity contribution in [2.75, 3.05) is 6.61 Å². The van der Waals surface area contributed by atoms with Gasteiger partial charge in [-0.3, -0.25) is 14.9 Å². The van der Waals surface area contributed by atoms with Gasteiger partial charge in [-0.2, -0.15) is 0 Å². The zero-order valence-electron chi connectivity index (χ0n) is 12.3. The average molecular weight is 312 g/mol. The van der Waals surface area contributed by atoms with Gasteiger partial charge in [0, 0.05) is 0 Å². The van der Waals surface area contributed by atoms with Crippen LogP contribution in [0.1, 0.15) is 5.56 Å². The van der Waals surface area contributed by atoms with Gasteiger partial charge in [0.15, 0.2) is 6.61 Å². The molecule has 0 fully saturated rings. The Morgan fingerprint density at radius 2 is 1.52 bits per heavy atom. The summed E-state index contributed by atoms with van der Waals surface area (Å²) in [7, 11) is 0. The predicted molar refractivity (Wildman–Crippen MR) is 84.3 cm³/mol. The number of carbonyl (C=O) groups excluding carboxylic acids is 3. The molecule has 0 saturated heterocycles. The molecule has 0 aromatic heterocycles. The number of hydrogen-bond donors (Lipinski definition) is 2. The first-order valence-corrected chi connectivity index (χ1v) is 6.94. The van der Waals surface area contributed by atoms with Gasteiger partial charge in [0.05, 0.1) is 6.42 Å². The molecule has 2 aromatic rings. The lowest BCUT2D eigenvalue weighted by molar-refractivity contribution is -0.147. The fraction of sp³-hybridized carbons (Fsp3) is 0.118. The molecular formula is C17H16N2O4. The van der Waals surface area contributed by atoms with Gasteiger partial charge in [0.2, 0.25) is 0 Å². The van der Waals surface area contributed by atoms with E-state index in [1.165, 1.54) is 0 Å². The van der Waals surface area contributed by atoms with Crippen molar-refractivity contribution in [1.29, 1.82) is 0 Å². The third kappa shape index (κ3) is 5.28. The van der Waals surface area contributed by atoms with E-state index >= 15 is 0 Å². The Kier molecular flexibility index (Phi) is 5.46. The lowest BCUT2D eigenvalue weighted by Crippen LogP contribution is -2.37. The second-order valence-electron chi connectivity index (χ2n) is 4.81. The summed E-state index contributed by atoms with van der Waals surface area (Å²) >= 11 is 0. The molecule has 0 spiro atoms. The molecule has 0 saturated carbocycles. The molecule has 0 unspecified atom stereocenters. The summed E-state index contributed by atoms with van der Waals surface area (Å²) in [4.78, 5) is 33.2. The quantitative estimate of drug-likeness (QED) is 0.820.